The molecular weight excluding hydrogens is 246 g/mol. The number of hydrogen-bond acceptors (Lipinski definition) is 3. The first kappa shape index (κ1) is 11.9. The number of carbonyl (C=O) groups excluding carboxylic acids is 2. The van der Waals surface area contributed by atoms with Gasteiger partial charge in [-0.1, -0.05) is 12.1 Å². The average Bonchev–Trinajstić information content (AvgIpc) is 2.58. The number of carboxylic acid groups (broad SMARTS) is 1. The van der Waals surface area contributed by atoms with Crippen LogP contribution >= 0.6 is 0 Å². The number of carboxylic acids is 1. The summed E-state index contributed by atoms with van der Waals surface area (Å²) in [6, 6.07) is 6.70. The van der Waals surface area contributed by atoms with Gasteiger partial charge in [-0.2, -0.15) is 0 Å². The van der Waals surface area contributed by atoms with Crippen molar-refractivity contribution in [2.45, 2.75) is 12.8 Å². The van der Waals surface area contributed by atoms with Crippen LogP contribution in [0.15, 0.2) is 24.3 Å². The quantitative estimate of drug-likeness (QED) is 0.832. The summed E-state index contributed by atoms with van der Waals surface area (Å²) in [6.07, 6.45) is 1.38. The third-order valence-electron chi connectivity index (χ3n) is 4.03. The maximum absolute atomic E-state index is 12.1. The number of aliphatic carboxylic acids is 1. The van der Waals surface area contributed by atoms with Gasteiger partial charge in [-0.15, -0.1) is 0 Å². The number of imide groups is 1. The summed E-state index contributed by atoms with van der Waals surface area (Å²) in [5.74, 6) is -2.00. The van der Waals surface area contributed by atoms with E-state index in [1.807, 2.05) is 0 Å². The molecule has 98 valence electrons. The second kappa shape index (κ2) is 4.19. The van der Waals surface area contributed by atoms with Crippen molar-refractivity contribution in [2.75, 3.05) is 6.54 Å². The van der Waals surface area contributed by atoms with Crippen LogP contribution in [0.1, 0.15) is 33.6 Å². The molecule has 5 nitrogen and oxygen atoms in total. The Morgan fingerprint density at radius 3 is 2.16 bits per heavy atom. The van der Waals surface area contributed by atoms with Gasteiger partial charge in [0.05, 0.1) is 17.0 Å². The second-order valence-electron chi connectivity index (χ2n) is 5.05. The summed E-state index contributed by atoms with van der Waals surface area (Å²) in [5, 5.41) is 8.99. The Morgan fingerprint density at radius 2 is 1.74 bits per heavy atom. The lowest BCUT2D eigenvalue weighted by atomic mass is 9.73. The number of hydrogen-bond donors (Lipinski definition) is 1. The molecule has 0 saturated heterocycles. The van der Waals surface area contributed by atoms with Crippen LogP contribution in [0.3, 0.4) is 0 Å². The molecule has 1 aromatic rings. The highest BCUT2D eigenvalue weighted by Crippen LogP contribution is 2.36. The number of nitrogens with zero attached hydrogens (tertiary/aromatic N) is 1. The summed E-state index contributed by atoms with van der Waals surface area (Å²) in [5.41, 5.74) is 0.831. The van der Waals surface area contributed by atoms with Crippen molar-refractivity contribution in [1.29, 1.82) is 0 Å². The maximum Gasteiger partial charge on any atom is 0.306 e. The maximum atomic E-state index is 12.1. The van der Waals surface area contributed by atoms with Crippen LogP contribution in [0.25, 0.3) is 0 Å². The van der Waals surface area contributed by atoms with Gasteiger partial charge in [0.2, 0.25) is 0 Å². The summed E-state index contributed by atoms with van der Waals surface area (Å²) < 4.78 is 0. The molecule has 1 saturated carbocycles. The Balaban J connectivity index is 1.80. The van der Waals surface area contributed by atoms with E-state index in [9.17, 15) is 14.4 Å². The fourth-order valence-corrected chi connectivity index (χ4v) is 2.75. The summed E-state index contributed by atoms with van der Waals surface area (Å²) in [7, 11) is 0. The van der Waals surface area contributed by atoms with Gasteiger partial charge >= 0.3 is 5.97 Å². The molecule has 1 N–H and O–H groups in total. The first-order valence-corrected chi connectivity index (χ1v) is 6.27. The van der Waals surface area contributed by atoms with E-state index in [4.69, 9.17) is 5.11 Å². The van der Waals surface area contributed by atoms with Crippen LogP contribution in [0.4, 0.5) is 0 Å². The zero-order chi connectivity index (χ0) is 13.6. The van der Waals surface area contributed by atoms with Gasteiger partial charge in [-0.05, 0) is 30.9 Å². The molecule has 2 amide bonds. The van der Waals surface area contributed by atoms with Gasteiger partial charge in [-0.3, -0.25) is 19.3 Å². The van der Waals surface area contributed by atoms with Crippen LogP contribution in [0, 0.1) is 11.8 Å². The highest BCUT2D eigenvalue weighted by atomic mass is 16.4. The Kier molecular flexibility index (Phi) is 2.62. The van der Waals surface area contributed by atoms with Crippen LogP contribution < -0.4 is 0 Å². The van der Waals surface area contributed by atoms with E-state index < -0.39 is 11.9 Å². The number of benzene rings is 1. The fraction of sp³-hybridized carbons (Fsp3) is 0.357. The van der Waals surface area contributed by atoms with E-state index in [0.29, 0.717) is 17.5 Å². The fourth-order valence-electron chi connectivity index (χ4n) is 2.75. The average molecular weight is 259 g/mol. The van der Waals surface area contributed by atoms with Gasteiger partial charge in [0.1, 0.15) is 0 Å². The van der Waals surface area contributed by atoms with Crippen molar-refractivity contribution in [3.8, 4) is 0 Å². The van der Waals surface area contributed by atoms with E-state index in [2.05, 4.69) is 0 Å². The predicted octanol–water partition coefficient (Wildman–Crippen LogP) is 1.39. The molecule has 0 radical (unpaired) electrons. The second-order valence-corrected chi connectivity index (χ2v) is 5.05. The SMILES string of the molecule is O=C(O)C1CCC1CN1C(=O)c2ccccc2C1=O. The molecule has 0 aromatic heterocycles. The highest BCUT2D eigenvalue weighted by molar-refractivity contribution is 6.21. The standard InChI is InChI=1S/C14H13NO4/c16-12-10-3-1-2-4-11(10)13(17)15(12)7-8-5-6-9(8)14(18)19/h1-4,8-9H,5-7H2,(H,18,19). The predicted molar refractivity (Wildman–Crippen MR) is 65.7 cm³/mol. The van der Waals surface area contributed by atoms with Crippen molar-refractivity contribution in [3.05, 3.63) is 35.4 Å². The van der Waals surface area contributed by atoms with Gasteiger partial charge < -0.3 is 5.11 Å². The molecule has 2 atom stereocenters. The zero-order valence-electron chi connectivity index (χ0n) is 10.2. The lowest BCUT2D eigenvalue weighted by Crippen LogP contribution is -2.43. The molecule has 19 heavy (non-hydrogen) atoms. The van der Waals surface area contributed by atoms with Gasteiger partial charge in [-0.25, -0.2) is 0 Å². The van der Waals surface area contributed by atoms with Crippen LogP contribution in [0.5, 0.6) is 0 Å². The van der Waals surface area contributed by atoms with Crippen LogP contribution in [0.2, 0.25) is 0 Å². The van der Waals surface area contributed by atoms with Crippen molar-refractivity contribution in [2.24, 2.45) is 11.8 Å². The van der Waals surface area contributed by atoms with E-state index in [1.54, 1.807) is 24.3 Å². The molecule has 1 aliphatic carbocycles. The summed E-state index contributed by atoms with van der Waals surface area (Å²) >= 11 is 0. The summed E-state index contributed by atoms with van der Waals surface area (Å²) in [6.45, 7) is 0.212. The third-order valence-corrected chi connectivity index (χ3v) is 4.03. The molecule has 0 spiro atoms. The largest absolute Gasteiger partial charge is 0.481 e. The van der Waals surface area contributed by atoms with E-state index in [-0.39, 0.29) is 24.3 Å². The molecule has 1 aliphatic heterocycles. The summed E-state index contributed by atoms with van der Waals surface area (Å²) in [4.78, 5) is 36.4. The molecule has 1 aromatic carbocycles. The smallest absolute Gasteiger partial charge is 0.306 e. The Morgan fingerprint density at radius 1 is 1.16 bits per heavy atom. The normalized spacial score (nSPS) is 25.2. The Labute approximate surface area is 109 Å². The van der Waals surface area contributed by atoms with E-state index in [0.717, 1.165) is 6.42 Å². The van der Waals surface area contributed by atoms with Gasteiger partial charge in [0.25, 0.3) is 11.8 Å². The van der Waals surface area contributed by atoms with Crippen LogP contribution in [-0.2, 0) is 4.79 Å². The lowest BCUT2D eigenvalue weighted by molar-refractivity contribution is -0.148. The molecule has 5 heteroatoms. The molecular formula is C14H13NO4. The van der Waals surface area contributed by atoms with Gasteiger partial charge in [0, 0.05) is 6.54 Å². The van der Waals surface area contributed by atoms with E-state index in [1.165, 1.54) is 4.90 Å². The molecule has 2 unspecified atom stereocenters. The first-order chi connectivity index (χ1) is 9.09. The number of fused-ring (bicyclic) bond motifs is 1. The topological polar surface area (TPSA) is 74.7 Å². The Bertz CT molecular complexity index is 546. The van der Waals surface area contributed by atoms with Crippen molar-refractivity contribution >= 4 is 17.8 Å². The molecule has 2 aliphatic rings. The number of amides is 2. The minimum absolute atomic E-state index is 0.111. The van der Waals surface area contributed by atoms with Crippen molar-refractivity contribution in [3.63, 3.8) is 0 Å². The third kappa shape index (κ3) is 1.73. The van der Waals surface area contributed by atoms with Gasteiger partial charge in [0.15, 0.2) is 0 Å². The minimum Gasteiger partial charge on any atom is -0.481 e. The molecule has 0 bridgehead atoms. The van der Waals surface area contributed by atoms with Crippen molar-refractivity contribution < 1.29 is 19.5 Å². The highest BCUT2D eigenvalue weighted by Gasteiger charge is 2.42. The van der Waals surface area contributed by atoms with Crippen LogP contribution in [-0.4, -0.2) is 34.3 Å². The molecule has 3 rings (SSSR count). The number of rotatable bonds is 3. The minimum atomic E-state index is -0.840. The lowest BCUT2D eigenvalue weighted by Gasteiger charge is -2.35. The molecule has 1 fully saturated rings. The monoisotopic (exact) mass is 259 g/mol. The van der Waals surface area contributed by atoms with Crippen molar-refractivity contribution in [1.82, 2.24) is 4.90 Å². The van der Waals surface area contributed by atoms with E-state index >= 15 is 0 Å². The Hall–Kier alpha value is -2.17. The number of carbonyl (C=O) groups is 3. The molecule has 1 heterocycles. The zero-order valence-corrected chi connectivity index (χ0v) is 10.2. The first-order valence-electron chi connectivity index (χ1n) is 6.27.